The number of ether oxygens (including phenoxy) is 1. The van der Waals surface area contributed by atoms with Gasteiger partial charge in [-0.15, -0.1) is 0 Å². The zero-order chi connectivity index (χ0) is 15.9. The maximum absolute atomic E-state index is 13.5. The number of pyridine rings is 1. The van der Waals surface area contributed by atoms with E-state index < -0.39 is 5.97 Å². The number of hydrogen-bond acceptors (Lipinski definition) is 3. The van der Waals surface area contributed by atoms with Crippen LogP contribution < -0.4 is 0 Å². The van der Waals surface area contributed by atoms with E-state index in [9.17, 15) is 9.18 Å². The van der Waals surface area contributed by atoms with E-state index in [0.29, 0.717) is 27.6 Å². The first-order valence-corrected chi connectivity index (χ1v) is 6.91. The zero-order valence-corrected chi connectivity index (χ0v) is 12.7. The highest BCUT2D eigenvalue weighted by Gasteiger charge is 2.16. The molecule has 0 saturated carbocycles. The van der Waals surface area contributed by atoms with Crippen LogP contribution in [0.15, 0.2) is 36.5 Å². The highest BCUT2D eigenvalue weighted by atomic mass is 35.5. The number of rotatable bonds is 2. The summed E-state index contributed by atoms with van der Waals surface area (Å²) in [5, 5.41) is 0.361. The van der Waals surface area contributed by atoms with E-state index in [0.717, 1.165) is 5.56 Å². The van der Waals surface area contributed by atoms with Gasteiger partial charge in [-0.1, -0.05) is 17.7 Å². The van der Waals surface area contributed by atoms with Crippen LogP contribution >= 0.6 is 11.6 Å². The van der Waals surface area contributed by atoms with Crippen molar-refractivity contribution in [1.29, 1.82) is 0 Å². The standard InChI is InChI=1S/C16H12ClFN2O2/c1-9-3-4-11(18)8-12(9)14-15(17)20-6-5-10(16(21)22-2)7-13(20)19-14/h3-8H,1-2H3. The largest absolute Gasteiger partial charge is 0.465 e. The molecule has 0 amide bonds. The average Bonchev–Trinajstić information content (AvgIpc) is 2.85. The molecule has 0 N–H and O–H groups in total. The summed E-state index contributed by atoms with van der Waals surface area (Å²) in [5.74, 6) is -0.811. The molecule has 0 aliphatic carbocycles. The van der Waals surface area contributed by atoms with Gasteiger partial charge in [0.2, 0.25) is 0 Å². The molecule has 0 radical (unpaired) electrons. The van der Waals surface area contributed by atoms with Crippen molar-refractivity contribution in [2.24, 2.45) is 0 Å². The molecule has 0 aliphatic rings. The monoisotopic (exact) mass is 318 g/mol. The zero-order valence-electron chi connectivity index (χ0n) is 11.9. The summed E-state index contributed by atoms with van der Waals surface area (Å²) in [6, 6.07) is 7.62. The van der Waals surface area contributed by atoms with Crippen LogP contribution in [0.1, 0.15) is 15.9 Å². The van der Waals surface area contributed by atoms with Crippen LogP contribution in [-0.2, 0) is 4.74 Å². The number of halogens is 2. The number of aryl methyl sites for hydroxylation is 1. The van der Waals surface area contributed by atoms with Crippen LogP contribution in [0.3, 0.4) is 0 Å². The normalized spacial score (nSPS) is 10.9. The lowest BCUT2D eigenvalue weighted by atomic mass is 10.1. The van der Waals surface area contributed by atoms with Crippen molar-refractivity contribution < 1.29 is 13.9 Å². The molecular formula is C16H12ClFN2O2. The smallest absolute Gasteiger partial charge is 0.338 e. The first-order chi connectivity index (χ1) is 10.5. The summed E-state index contributed by atoms with van der Waals surface area (Å²) in [6.07, 6.45) is 1.63. The molecule has 0 spiro atoms. The number of imidazole rings is 1. The Morgan fingerprint density at radius 3 is 2.82 bits per heavy atom. The van der Waals surface area contributed by atoms with Crippen molar-refractivity contribution in [2.75, 3.05) is 7.11 Å². The first kappa shape index (κ1) is 14.5. The molecule has 3 aromatic rings. The SMILES string of the molecule is COC(=O)c1ccn2c(Cl)c(-c3cc(F)ccc3C)nc2c1. The second-order valence-corrected chi connectivity index (χ2v) is 5.20. The molecule has 0 bridgehead atoms. The number of hydrogen-bond donors (Lipinski definition) is 0. The van der Waals surface area contributed by atoms with E-state index in [1.54, 1.807) is 28.8 Å². The van der Waals surface area contributed by atoms with E-state index >= 15 is 0 Å². The minimum Gasteiger partial charge on any atom is -0.465 e. The highest BCUT2D eigenvalue weighted by molar-refractivity contribution is 6.32. The van der Waals surface area contributed by atoms with Crippen LogP contribution in [0.5, 0.6) is 0 Å². The fourth-order valence-electron chi connectivity index (χ4n) is 2.28. The summed E-state index contributed by atoms with van der Waals surface area (Å²) < 4.78 is 19.8. The number of esters is 1. The van der Waals surface area contributed by atoms with Crippen LogP contribution in [0.25, 0.3) is 16.9 Å². The highest BCUT2D eigenvalue weighted by Crippen LogP contribution is 2.31. The van der Waals surface area contributed by atoms with Crippen molar-refractivity contribution in [1.82, 2.24) is 9.38 Å². The topological polar surface area (TPSA) is 43.6 Å². The van der Waals surface area contributed by atoms with Crippen LogP contribution in [-0.4, -0.2) is 22.5 Å². The van der Waals surface area contributed by atoms with Gasteiger partial charge in [0.15, 0.2) is 0 Å². The van der Waals surface area contributed by atoms with Gasteiger partial charge < -0.3 is 4.74 Å². The van der Waals surface area contributed by atoms with Gasteiger partial charge >= 0.3 is 5.97 Å². The van der Waals surface area contributed by atoms with Crippen LogP contribution in [0.4, 0.5) is 4.39 Å². The van der Waals surface area contributed by atoms with Gasteiger partial charge in [0, 0.05) is 11.8 Å². The van der Waals surface area contributed by atoms with Gasteiger partial charge in [-0.25, -0.2) is 14.2 Å². The molecule has 4 nitrogen and oxygen atoms in total. The molecule has 0 saturated heterocycles. The molecular weight excluding hydrogens is 307 g/mol. The van der Waals surface area contributed by atoms with Crippen molar-refractivity contribution in [3.8, 4) is 11.3 Å². The molecule has 0 atom stereocenters. The van der Waals surface area contributed by atoms with Crippen molar-refractivity contribution in [3.63, 3.8) is 0 Å². The number of nitrogens with zero attached hydrogens (tertiary/aromatic N) is 2. The Morgan fingerprint density at radius 1 is 1.32 bits per heavy atom. The molecule has 2 aromatic heterocycles. The fourth-order valence-corrected chi connectivity index (χ4v) is 2.57. The third-order valence-electron chi connectivity index (χ3n) is 3.44. The molecule has 22 heavy (non-hydrogen) atoms. The lowest BCUT2D eigenvalue weighted by Gasteiger charge is -2.03. The fraction of sp³-hybridized carbons (Fsp3) is 0.125. The summed E-state index contributed by atoms with van der Waals surface area (Å²) in [5.41, 5.74) is 2.82. The molecule has 3 rings (SSSR count). The van der Waals surface area contributed by atoms with E-state index in [1.807, 2.05) is 6.92 Å². The van der Waals surface area contributed by atoms with E-state index in [2.05, 4.69) is 9.72 Å². The van der Waals surface area contributed by atoms with Gasteiger partial charge in [0.1, 0.15) is 22.3 Å². The number of fused-ring (bicyclic) bond motifs is 1. The number of carbonyl (C=O) groups is 1. The number of methoxy groups -OCH3 is 1. The summed E-state index contributed by atoms with van der Waals surface area (Å²) in [7, 11) is 1.31. The van der Waals surface area contributed by atoms with E-state index in [-0.39, 0.29) is 5.82 Å². The maximum atomic E-state index is 13.5. The van der Waals surface area contributed by atoms with Crippen LogP contribution in [0, 0.1) is 12.7 Å². The van der Waals surface area contributed by atoms with Crippen molar-refractivity contribution >= 4 is 23.2 Å². The molecule has 1 aromatic carbocycles. The first-order valence-electron chi connectivity index (χ1n) is 6.53. The van der Waals surface area contributed by atoms with Crippen LogP contribution in [0.2, 0.25) is 5.15 Å². The van der Waals surface area contributed by atoms with Gasteiger partial charge in [-0.3, -0.25) is 4.40 Å². The predicted octanol–water partition coefficient (Wildman–Crippen LogP) is 3.89. The Kier molecular flexibility index (Phi) is 3.58. The quantitative estimate of drug-likeness (QED) is 0.673. The molecule has 0 aliphatic heterocycles. The third kappa shape index (κ3) is 2.33. The average molecular weight is 319 g/mol. The molecule has 112 valence electrons. The summed E-state index contributed by atoms with van der Waals surface area (Å²) in [4.78, 5) is 16.0. The summed E-state index contributed by atoms with van der Waals surface area (Å²) in [6.45, 7) is 1.86. The van der Waals surface area contributed by atoms with E-state index in [4.69, 9.17) is 11.6 Å². The number of aromatic nitrogens is 2. The second kappa shape index (κ2) is 5.42. The lowest BCUT2D eigenvalue weighted by Crippen LogP contribution is -2.01. The minimum atomic E-state index is -0.454. The predicted molar refractivity (Wildman–Crippen MR) is 81.7 cm³/mol. The van der Waals surface area contributed by atoms with Crippen molar-refractivity contribution in [3.05, 3.63) is 58.6 Å². The Morgan fingerprint density at radius 2 is 2.09 bits per heavy atom. The van der Waals surface area contributed by atoms with Gasteiger partial charge in [0.25, 0.3) is 0 Å². The minimum absolute atomic E-state index is 0.357. The number of carbonyl (C=O) groups excluding carboxylic acids is 1. The van der Waals surface area contributed by atoms with Gasteiger partial charge in [-0.05, 0) is 36.8 Å². The Labute approximate surface area is 131 Å². The Hall–Kier alpha value is -2.40. The second-order valence-electron chi connectivity index (χ2n) is 4.85. The van der Waals surface area contributed by atoms with Crippen molar-refractivity contribution in [2.45, 2.75) is 6.92 Å². The van der Waals surface area contributed by atoms with Gasteiger partial charge in [-0.2, -0.15) is 0 Å². The maximum Gasteiger partial charge on any atom is 0.338 e. The molecule has 6 heteroatoms. The number of benzene rings is 1. The third-order valence-corrected chi connectivity index (χ3v) is 3.80. The lowest BCUT2D eigenvalue weighted by molar-refractivity contribution is 0.0600. The molecule has 0 fully saturated rings. The Balaban J connectivity index is 2.21. The summed E-state index contributed by atoms with van der Waals surface area (Å²) >= 11 is 6.34. The molecule has 2 heterocycles. The molecule has 0 unspecified atom stereocenters. The van der Waals surface area contributed by atoms with Gasteiger partial charge in [0.05, 0.1) is 12.7 Å². The van der Waals surface area contributed by atoms with E-state index in [1.165, 1.54) is 19.2 Å². The Bertz CT molecular complexity index is 889.